The summed E-state index contributed by atoms with van der Waals surface area (Å²) in [6, 6.07) is 6.50. The van der Waals surface area contributed by atoms with Crippen LogP contribution in [0.2, 0.25) is 0 Å². The number of allylic oxidation sites excluding steroid dienone is 2. The number of nitrogens with zero attached hydrogens (tertiary/aromatic N) is 1. The lowest BCUT2D eigenvalue weighted by Gasteiger charge is -2.14. The molecule has 26 heavy (non-hydrogen) atoms. The molecule has 2 atom stereocenters. The molecule has 6 heteroatoms. The number of likely N-dealkylation sites (tertiary alicyclic amines) is 1. The number of benzene rings is 1. The molecule has 2 aliphatic rings. The van der Waals surface area contributed by atoms with Gasteiger partial charge >= 0.3 is 0 Å². The van der Waals surface area contributed by atoms with Gasteiger partial charge in [0.2, 0.25) is 17.7 Å². The summed E-state index contributed by atoms with van der Waals surface area (Å²) in [6.07, 6.45) is 6.17. The van der Waals surface area contributed by atoms with E-state index in [2.05, 4.69) is 5.32 Å². The molecule has 0 saturated carbocycles. The number of Topliss-reactive ketones (excluding diaryl/α,β-unsaturated/α-hetero) is 1. The van der Waals surface area contributed by atoms with Gasteiger partial charge in [-0.05, 0) is 43.5 Å². The number of carbonyl (C=O) groups is 4. The average Bonchev–Trinajstić information content (AvgIpc) is 2.88. The van der Waals surface area contributed by atoms with Gasteiger partial charge in [-0.3, -0.25) is 24.1 Å². The molecule has 1 aliphatic heterocycles. The second-order valence-corrected chi connectivity index (χ2v) is 6.72. The second-order valence-electron chi connectivity index (χ2n) is 6.72. The molecule has 136 valence electrons. The number of hydrogen-bond donors (Lipinski definition) is 1. The molecule has 1 aliphatic carbocycles. The molecule has 3 amide bonds. The zero-order chi connectivity index (χ0) is 18.7. The molecular formula is C20H22N2O4. The average molecular weight is 354 g/mol. The molecule has 1 saturated heterocycles. The number of amides is 3. The van der Waals surface area contributed by atoms with Gasteiger partial charge in [-0.1, -0.05) is 19.1 Å². The molecule has 3 rings (SSSR count). The summed E-state index contributed by atoms with van der Waals surface area (Å²) in [5.41, 5.74) is 1.03. The summed E-state index contributed by atoms with van der Waals surface area (Å²) in [4.78, 5) is 50.0. The number of anilines is 1. The molecule has 0 radical (unpaired) electrons. The van der Waals surface area contributed by atoms with Gasteiger partial charge in [0.05, 0.1) is 18.4 Å². The highest BCUT2D eigenvalue weighted by Gasteiger charge is 2.47. The fourth-order valence-electron chi connectivity index (χ4n) is 3.45. The molecule has 1 aromatic carbocycles. The third-order valence-electron chi connectivity index (χ3n) is 4.87. The summed E-state index contributed by atoms with van der Waals surface area (Å²) in [7, 11) is 0. The van der Waals surface area contributed by atoms with Gasteiger partial charge in [0.15, 0.2) is 5.78 Å². The summed E-state index contributed by atoms with van der Waals surface area (Å²) in [6.45, 7) is 1.70. The van der Waals surface area contributed by atoms with Gasteiger partial charge in [0.25, 0.3) is 0 Å². The zero-order valence-corrected chi connectivity index (χ0v) is 14.7. The van der Waals surface area contributed by atoms with Gasteiger partial charge in [0.1, 0.15) is 0 Å². The number of carbonyl (C=O) groups excluding carboxylic acids is 4. The third-order valence-corrected chi connectivity index (χ3v) is 4.87. The van der Waals surface area contributed by atoms with Crippen LogP contribution in [0.4, 0.5) is 5.69 Å². The molecule has 1 heterocycles. The minimum absolute atomic E-state index is 0.0731. The van der Waals surface area contributed by atoms with Crippen LogP contribution >= 0.6 is 0 Å². The van der Waals surface area contributed by atoms with Crippen molar-refractivity contribution in [2.24, 2.45) is 11.8 Å². The molecule has 1 N–H and O–H groups in total. The van der Waals surface area contributed by atoms with Crippen molar-refractivity contribution in [3.63, 3.8) is 0 Å². The van der Waals surface area contributed by atoms with Crippen LogP contribution in [0.3, 0.4) is 0 Å². The van der Waals surface area contributed by atoms with E-state index in [1.807, 2.05) is 19.1 Å². The van der Waals surface area contributed by atoms with Crippen molar-refractivity contribution in [3.05, 3.63) is 42.0 Å². The van der Waals surface area contributed by atoms with Gasteiger partial charge in [-0.2, -0.15) is 0 Å². The van der Waals surface area contributed by atoms with Crippen molar-refractivity contribution in [1.29, 1.82) is 0 Å². The first kappa shape index (κ1) is 18.0. The molecule has 0 unspecified atom stereocenters. The summed E-state index contributed by atoms with van der Waals surface area (Å²) >= 11 is 0. The Morgan fingerprint density at radius 1 is 1.04 bits per heavy atom. The standard InChI is InChI=1S/C20H22N2O4/c1-2-5-18(24)21-14-10-8-13(9-11-14)17(23)12-22-19(25)15-6-3-4-7-16(15)20(22)26/h3-4,8-11,15-16H,2,5-7,12H2,1H3,(H,21,24)/t15-,16-/m1/s1. The van der Waals surface area contributed by atoms with Gasteiger partial charge in [-0.15, -0.1) is 0 Å². The summed E-state index contributed by atoms with van der Waals surface area (Å²) in [5, 5.41) is 2.75. The van der Waals surface area contributed by atoms with Crippen LogP contribution in [0.15, 0.2) is 36.4 Å². The number of fused-ring (bicyclic) bond motifs is 1. The van der Waals surface area contributed by atoms with Crippen LogP contribution in [0.25, 0.3) is 0 Å². The highest BCUT2D eigenvalue weighted by molar-refractivity contribution is 6.10. The lowest BCUT2D eigenvalue weighted by atomic mass is 9.85. The van der Waals surface area contributed by atoms with Crippen LogP contribution in [-0.4, -0.2) is 34.9 Å². The van der Waals surface area contributed by atoms with Crippen LogP contribution in [0, 0.1) is 11.8 Å². The second kappa shape index (κ2) is 7.64. The fourth-order valence-corrected chi connectivity index (χ4v) is 3.45. The van der Waals surface area contributed by atoms with E-state index in [-0.39, 0.29) is 41.9 Å². The minimum atomic E-state index is -0.323. The lowest BCUT2D eigenvalue weighted by Crippen LogP contribution is -2.36. The number of nitrogens with one attached hydrogen (secondary N) is 1. The van der Waals surface area contributed by atoms with Gasteiger partial charge in [0, 0.05) is 17.7 Å². The highest BCUT2D eigenvalue weighted by atomic mass is 16.2. The van der Waals surface area contributed by atoms with E-state index in [0.717, 1.165) is 11.3 Å². The maximum atomic E-state index is 12.5. The Balaban J connectivity index is 1.64. The number of imide groups is 1. The number of rotatable bonds is 6. The Morgan fingerprint density at radius 3 is 2.15 bits per heavy atom. The predicted molar refractivity (Wildman–Crippen MR) is 96.4 cm³/mol. The van der Waals surface area contributed by atoms with E-state index in [1.54, 1.807) is 24.3 Å². The molecule has 0 spiro atoms. The van der Waals surface area contributed by atoms with E-state index in [4.69, 9.17) is 0 Å². The van der Waals surface area contributed by atoms with Crippen molar-refractivity contribution in [2.75, 3.05) is 11.9 Å². The van der Waals surface area contributed by atoms with Crippen molar-refractivity contribution in [2.45, 2.75) is 32.6 Å². The van der Waals surface area contributed by atoms with Gasteiger partial charge < -0.3 is 5.32 Å². The Hall–Kier alpha value is -2.76. The predicted octanol–water partition coefficient (Wildman–Crippen LogP) is 2.56. The van der Waals surface area contributed by atoms with Crippen molar-refractivity contribution in [3.8, 4) is 0 Å². The lowest BCUT2D eigenvalue weighted by molar-refractivity contribution is -0.139. The van der Waals surface area contributed by atoms with E-state index < -0.39 is 0 Å². The van der Waals surface area contributed by atoms with Crippen LogP contribution in [0.1, 0.15) is 43.0 Å². The zero-order valence-electron chi connectivity index (χ0n) is 14.7. The Kier molecular flexibility index (Phi) is 5.30. The van der Waals surface area contributed by atoms with Crippen LogP contribution < -0.4 is 5.32 Å². The van der Waals surface area contributed by atoms with E-state index in [1.165, 1.54) is 0 Å². The molecular weight excluding hydrogens is 332 g/mol. The SMILES string of the molecule is CCCC(=O)Nc1ccc(C(=O)CN2C(=O)[C@@H]3CC=CC[C@H]3C2=O)cc1. The minimum Gasteiger partial charge on any atom is -0.326 e. The van der Waals surface area contributed by atoms with E-state index in [9.17, 15) is 19.2 Å². The Labute approximate surface area is 152 Å². The van der Waals surface area contributed by atoms with Crippen LogP contribution in [-0.2, 0) is 14.4 Å². The molecule has 6 nitrogen and oxygen atoms in total. The first-order valence-corrected chi connectivity index (χ1v) is 8.94. The normalized spacial score (nSPS) is 21.7. The number of ketones is 1. The maximum Gasteiger partial charge on any atom is 0.233 e. The van der Waals surface area contributed by atoms with Crippen molar-refractivity contribution in [1.82, 2.24) is 4.90 Å². The summed E-state index contributed by atoms with van der Waals surface area (Å²) < 4.78 is 0. The first-order valence-electron chi connectivity index (χ1n) is 8.94. The molecule has 0 bridgehead atoms. The fraction of sp³-hybridized carbons (Fsp3) is 0.400. The topological polar surface area (TPSA) is 83.6 Å². The molecule has 1 fully saturated rings. The van der Waals surface area contributed by atoms with E-state index >= 15 is 0 Å². The number of hydrogen-bond acceptors (Lipinski definition) is 4. The van der Waals surface area contributed by atoms with Crippen molar-refractivity contribution >= 4 is 29.2 Å². The van der Waals surface area contributed by atoms with Gasteiger partial charge in [-0.25, -0.2) is 0 Å². The smallest absolute Gasteiger partial charge is 0.233 e. The summed E-state index contributed by atoms with van der Waals surface area (Å²) in [5.74, 6) is -1.50. The maximum absolute atomic E-state index is 12.5. The third kappa shape index (κ3) is 3.59. The quantitative estimate of drug-likeness (QED) is 0.483. The highest BCUT2D eigenvalue weighted by Crippen LogP contribution is 2.35. The van der Waals surface area contributed by atoms with E-state index in [0.29, 0.717) is 30.5 Å². The molecule has 1 aromatic rings. The Morgan fingerprint density at radius 2 is 1.62 bits per heavy atom. The monoisotopic (exact) mass is 354 g/mol. The van der Waals surface area contributed by atoms with Crippen molar-refractivity contribution < 1.29 is 19.2 Å². The Bertz CT molecular complexity index is 741. The molecule has 0 aromatic heterocycles. The first-order chi connectivity index (χ1) is 12.5. The van der Waals surface area contributed by atoms with Crippen LogP contribution in [0.5, 0.6) is 0 Å². The largest absolute Gasteiger partial charge is 0.326 e.